The number of aromatic nitrogens is 4. The fourth-order valence-corrected chi connectivity index (χ4v) is 5.35. The van der Waals surface area contributed by atoms with Crippen LogP contribution in [-0.2, 0) is 4.74 Å². The molecular weight excluding hydrogens is 500 g/mol. The molecule has 1 atom stereocenters. The highest BCUT2D eigenvalue weighted by Crippen LogP contribution is 2.27. The summed E-state index contributed by atoms with van der Waals surface area (Å²) in [6.45, 7) is 7.69. The van der Waals surface area contributed by atoms with Crippen molar-refractivity contribution in [1.29, 1.82) is 0 Å². The Labute approximate surface area is 236 Å². The number of nitrogens with zero attached hydrogens (tertiary/aromatic N) is 5. The molecule has 1 aliphatic rings. The number of rotatable bonds is 12. The first kappa shape index (κ1) is 27.8. The summed E-state index contributed by atoms with van der Waals surface area (Å²) in [5, 5.41) is 7.94. The van der Waals surface area contributed by atoms with Crippen molar-refractivity contribution in [1.82, 2.24) is 24.5 Å². The van der Waals surface area contributed by atoms with E-state index in [1.807, 2.05) is 59.8 Å². The molecular formula is C32H40N6O2. The van der Waals surface area contributed by atoms with E-state index in [9.17, 15) is 4.79 Å². The summed E-state index contributed by atoms with van der Waals surface area (Å²) >= 11 is 0. The molecule has 1 fully saturated rings. The van der Waals surface area contributed by atoms with Crippen molar-refractivity contribution < 1.29 is 9.53 Å². The van der Waals surface area contributed by atoms with Crippen LogP contribution in [-0.4, -0.2) is 56.7 Å². The molecule has 0 spiro atoms. The van der Waals surface area contributed by atoms with Crippen LogP contribution in [0.4, 0.5) is 11.6 Å². The number of amides is 1. The number of carbonyl (C=O) groups excluding carboxylic acids is 1. The monoisotopic (exact) mass is 540 g/mol. The molecule has 40 heavy (non-hydrogen) atoms. The lowest BCUT2D eigenvalue weighted by molar-refractivity contribution is 0.0724. The average Bonchev–Trinajstić information content (AvgIpc) is 3.42. The number of piperidine rings is 1. The van der Waals surface area contributed by atoms with Crippen molar-refractivity contribution in [3.63, 3.8) is 0 Å². The number of carbonyl (C=O) groups is 1. The molecule has 3 aromatic heterocycles. The van der Waals surface area contributed by atoms with Gasteiger partial charge in [-0.3, -0.25) is 9.78 Å². The van der Waals surface area contributed by atoms with Crippen molar-refractivity contribution in [2.45, 2.75) is 64.7 Å². The molecule has 1 amide bonds. The van der Waals surface area contributed by atoms with Gasteiger partial charge in [0.25, 0.3) is 5.91 Å². The van der Waals surface area contributed by atoms with Gasteiger partial charge in [-0.25, -0.2) is 4.52 Å². The smallest absolute Gasteiger partial charge is 0.253 e. The Morgan fingerprint density at radius 3 is 2.58 bits per heavy atom. The van der Waals surface area contributed by atoms with E-state index in [1.54, 1.807) is 4.52 Å². The SMILES string of the molecule is CCCOCCCC(CC)c1ccc(Nc2nc3c(-c4ccc(C(=O)N5CCCCC5)cc4)cccn3n2)cn1. The van der Waals surface area contributed by atoms with Crippen molar-refractivity contribution in [2.75, 3.05) is 31.6 Å². The Morgan fingerprint density at radius 1 is 1.02 bits per heavy atom. The van der Waals surface area contributed by atoms with Crippen molar-refractivity contribution in [3.05, 3.63) is 72.2 Å². The second-order valence-electron chi connectivity index (χ2n) is 10.5. The molecule has 210 valence electrons. The molecule has 4 heterocycles. The van der Waals surface area contributed by atoms with Crippen molar-refractivity contribution >= 4 is 23.2 Å². The van der Waals surface area contributed by atoms with Crippen LogP contribution < -0.4 is 5.32 Å². The fraction of sp³-hybridized carbons (Fsp3) is 0.438. The van der Waals surface area contributed by atoms with Gasteiger partial charge in [0.15, 0.2) is 5.65 Å². The van der Waals surface area contributed by atoms with E-state index in [0.717, 1.165) is 98.5 Å². The Morgan fingerprint density at radius 2 is 1.85 bits per heavy atom. The van der Waals surface area contributed by atoms with E-state index in [0.29, 0.717) is 11.9 Å². The Balaban J connectivity index is 1.26. The maximum atomic E-state index is 12.9. The van der Waals surface area contributed by atoms with Gasteiger partial charge in [-0.2, -0.15) is 4.98 Å². The van der Waals surface area contributed by atoms with Gasteiger partial charge in [-0.15, -0.1) is 5.10 Å². The van der Waals surface area contributed by atoms with Crippen molar-refractivity contribution in [2.24, 2.45) is 0 Å². The first-order valence-corrected chi connectivity index (χ1v) is 14.7. The molecule has 4 aromatic rings. The van der Waals surface area contributed by atoms with Gasteiger partial charge in [0.05, 0.1) is 11.9 Å². The molecule has 1 aliphatic heterocycles. The summed E-state index contributed by atoms with van der Waals surface area (Å²) < 4.78 is 7.41. The predicted octanol–water partition coefficient (Wildman–Crippen LogP) is 6.86. The van der Waals surface area contributed by atoms with Gasteiger partial charge in [0.1, 0.15) is 0 Å². The molecule has 1 N–H and O–H groups in total. The second-order valence-corrected chi connectivity index (χ2v) is 10.5. The molecule has 0 aliphatic carbocycles. The zero-order valence-electron chi connectivity index (χ0n) is 23.7. The highest BCUT2D eigenvalue weighted by atomic mass is 16.5. The summed E-state index contributed by atoms with van der Waals surface area (Å²) in [4.78, 5) is 24.4. The third kappa shape index (κ3) is 6.67. The third-order valence-corrected chi connectivity index (χ3v) is 7.59. The highest BCUT2D eigenvalue weighted by Gasteiger charge is 2.18. The van der Waals surface area contributed by atoms with Gasteiger partial charge in [0, 0.05) is 55.2 Å². The van der Waals surface area contributed by atoms with E-state index in [2.05, 4.69) is 30.3 Å². The van der Waals surface area contributed by atoms with Crippen LogP contribution in [0.3, 0.4) is 0 Å². The van der Waals surface area contributed by atoms with Crippen molar-refractivity contribution in [3.8, 4) is 11.1 Å². The maximum Gasteiger partial charge on any atom is 0.253 e. The zero-order valence-corrected chi connectivity index (χ0v) is 23.7. The minimum Gasteiger partial charge on any atom is -0.381 e. The quantitative estimate of drug-likeness (QED) is 0.198. The summed E-state index contributed by atoms with van der Waals surface area (Å²) in [6, 6.07) is 16.0. The first-order chi connectivity index (χ1) is 19.7. The molecule has 8 nitrogen and oxygen atoms in total. The first-order valence-electron chi connectivity index (χ1n) is 14.7. The van der Waals surface area contributed by atoms with Gasteiger partial charge in [-0.1, -0.05) is 26.0 Å². The van der Waals surface area contributed by atoms with Crippen LogP contribution >= 0.6 is 0 Å². The Bertz CT molecular complexity index is 1380. The molecule has 5 rings (SSSR count). The molecule has 0 radical (unpaired) electrons. The number of pyridine rings is 2. The average molecular weight is 541 g/mol. The molecule has 1 saturated heterocycles. The normalized spacial score (nSPS) is 14.4. The van der Waals surface area contributed by atoms with Crippen LogP contribution in [0.25, 0.3) is 16.8 Å². The lowest BCUT2D eigenvalue weighted by Crippen LogP contribution is -2.35. The van der Waals surface area contributed by atoms with Gasteiger partial charge in [-0.05, 0) is 86.9 Å². The van der Waals surface area contributed by atoms with E-state index >= 15 is 0 Å². The lowest BCUT2D eigenvalue weighted by Gasteiger charge is -2.26. The molecule has 8 heteroatoms. The maximum absolute atomic E-state index is 12.9. The van der Waals surface area contributed by atoms with Gasteiger partial charge >= 0.3 is 0 Å². The summed E-state index contributed by atoms with van der Waals surface area (Å²) in [5.74, 6) is 1.06. The van der Waals surface area contributed by atoms with E-state index in [-0.39, 0.29) is 5.91 Å². The summed E-state index contributed by atoms with van der Waals surface area (Å²) in [7, 11) is 0. The van der Waals surface area contributed by atoms with E-state index in [4.69, 9.17) is 14.7 Å². The van der Waals surface area contributed by atoms with E-state index < -0.39 is 0 Å². The van der Waals surface area contributed by atoms with Gasteiger partial charge in [0.2, 0.25) is 5.95 Å². The second kappa shape index (κ2) is 13.5. The Kier molecular flexibility index (Phi) is 9.39. The van der Waals surface area contributed by atoms with Crippen LogP contribution in [0.2, 0.25) is 0 Å². The predicted molar refractivity (Wildman–Crippen MR) is 159 cm³/mol. The van der Waals surface area contributed by atoms with Gasteiger partial charge < -0.3 is 15.0 Å². The molecule has 1 unspecified atom stereocenters. The number of anilines is 2. The molecule has 0 saturated carbocycles. The summed E-state index contributed by atoms with van der Waals surface area (Å²) in [5.41, 5.74) is 5.39. The Hall–Kier alpha value is -3.78. The zero-order chi connectivity index (χ0) is 27.7. The number of fused-ring (bicyclic) bond motifs is 1. The standard InChI is InChI=1S/C32H40N6O2/c1-3-21-40-22-9-10-24(4-2)29-17-16-27(23-33-29)34-32-35-30-28(11-8-20-38(30)36-32)25-12-14-26(15-13-25)31(39)37-18-6-5-7-19-37/h8,11-17,20,23-24H,3-7,9-10,18-19,21-22H2,1-2H3,(H,34,36). The lowest BCUT2D eigenvalue weighted by atomic mass is 9.96. The molecule has 1 aromatic carbocycles. The third-order valence-electron chi connectivity index (χ3n) is 7.59. The van der Waals surface area contributed by atoms with Crippen LogP contribution in [0.1, 0.15) is 80.8 Å². The highest BCUT2D eigenvalue weighted by molar-refractivity contribution is 5.95. The summed E-state index contributed by atoms with van der Waals surface area (Å²) in [6.07, 6.45) is 11.4. The van der Waals surface area contributed by atoms with Crippen LogP contribution in [0, 0.1) is 0 Å². The molecule has 0 bridgehead atoms. The number of benzene rings is 1. The number of hydrogen-bond donors (Lipinski definition) is 1. The minimum absolute atomic E-state index is 0.115. The van der Waals surface area contributed by atoms with Crippen LogP contribution in [0.15, 0.2) is 60.9 Å². The van der Waals surface area contributed by atoms with Crippen LogP contribution in [0.5, 0.6) is 0 Å². The topological polar surface area (TPSA) is 84.7 Å². The largest absolute Gasteiger partial charge is 0.381 e. The van der Waals surface area contributed by atoms with E-state index in [1.165, 1.54) is 6.42 Å². The fourth-order valence-electron chi connectivity index (χ4n) is 5.35. The number of nitrogens with one attached hydrogen (secondary N) is 1. The number of likely N-dealkylation sites (tertiary alicyclic amines) is 1. The number of hydrogen-bond acceptors (Lipinski definition) is 6. The number of ether oxygens (including phenoxy) is 1. The minimum atomic E-state index is 0.115.